The first-order valence-corrected chi connectivity index (χ1v) is 8.79. The van der Waals surface area contributed by atoms with Crippen LogP contribution >= 0.6 is 0 Å². The molecule has 128 valence electrons. The summed E-state index contributed by atoms with van der Waals surface area (Å²) in [5.41, 5.74) is 2.53. The number of piperidine rings is 1. The van der Waals surface area contributed by atoms with Gasteiger partial charge in [-0.1, -0.05) is 12.1 Å². The van der Waals surface area contributed by atoms with Gasteiger partial charge in [0.2, 0.25) is 0 Å². The number of aryl methyl sites for hydroxylation is 1. The second-order valence-electron chi connectivity index (χ2n) is 7.23. The molecule has 0 atom stereocenters. The molecule has 0 N–H and O–H groups in total. The van der Waals surface area contributed by atoms with Crippen molar-refractivity contribution in [1.82, 2.24) is 19.4 Å². The van der Waals surface area contributed by atoms with Gasteiger partial charge < -0.3 is 4.57 Å². The molecule has 1 saturated heterocycles. The van der Waals surface area contributed by atoms with Crippen LogP contribution in [0.3, 0.4) is 0 Å². The molecule has 0 radical (unpaired) electrons. The first-order chi connectivity index (χ1) is 11.6. The van der Waals surface area contributed by atoms with Gasteiger partial charge in [0, 0.05) is 44.6 Å². The van der Waals surface area contributed by atoms with Crippen LogP contribution in [0, 0.1) is 12.7 Å². The van der Waals surface area contributed by atoms with Crippen LogP contribution in [0.1, 0.15) is 29.9 Å². The van der Waals surface area contributed by atoms with Crippen LogP contribution in [-0.4, -0.2) is 46.0 Å². The highest BCUT2D eigenvalue weighted by Crippen LogP contribution is 2.40. The second-order valence-corrected chi connectivity index (χ2v) is 7.23. The molecule has 5 heteroatoms. The Morgan fingerprint density at radius 3 is 2.50 bits per heavy atom. The Kier molecular flexibility index (Phi) is 3.93. The average molecular weight is 328 g/mol. The fourth-order valence-corrected chi connectivity index (χ4v) is 4.28. The van der Waals surface area contributed by atoms with Crippen molar-refractivity contribution in [1.29, 1.82) is 0 Å². The Labute approximate surface area is 142 Å². The van der Waals surface area contributed by atoms with E-state index in [1.807, 2.05) is 18.3 Å². The van der Waals surface area contributed by atoms with Gasteiger partial charge in [0.1, 0.15) is 11.6 Å². The number of benzene rings is 1. The lowest BCUT2D eigenvalue weighted by Gasteiger charge is -2.49. The maximum atomic E-state index is 13.1. The zero-order chi connectivity index (χ0) is 16.7. The molecule has 24 heavy (non-hydrogen) atoms. The van der Waals surface area contributed by atoms with Crippen LogP contribution in [-0.2, 0) is 18.6 Å². The van der Waals surface area contributed by atoms with Gasteiger partial charge in [0.25, 0.3) is 0 Å². The van der Waals surface area contributed by atoms with Crippen LogP contribution in [0.25, 0.3) is 0 Å². The minimum atomic E-state index is -0.164. The van der Waals surface area contributed by atoms with Crippen LogP contribution in [0.5, 0.6) is 0 Å². The number of hydrogen-bond acceptors (Lipinski definition) is 3. The quantitative estimate of drug-likeness (QED) is 0.847. The summed E-state index contributed by atoms with van der Waals surface area (Å²) in [7, 11) is 2.24. The standard InChI is InChI=1S/C19H25FN4/c1-15-13-21-18-19(22(2)11-12-24(15)18)7-9-23(10-8-19)14-16-3-5-17(20)6-4-16/h3-6,13H,7-12,14H2,1-2H3. The largest absolute Gasteiger partial charge is 0.329 e. The highest BCUT2D eigenvalue weighted by Gasteiger charge is 2.45. The van der Waals surface area contributed by atoms with Gasteiger partial charge in [-0.3, -0.25) is 9.80 Å². The van der Waals surface area contributed by atoms with E-state index in [-0.39, 0.29) is 11.4 Å². The summed E-state index contributed by atoms with van der Waals surface area (Å²) >= 11 is 0. The third kappa shape index (κ3) is 2.56. The molecule has 2 aliphatic heterocycles. The van der Waals surface area contributed by atoms with Crippen molar-refractivity contribution < 1.29 is 4.39 Å². The molecule has 0 saturated carbocycles. The Bertz CT molecular complexity index is 713. The lowest BCUT2D eigenvalue weighted by Crippen LogP contribution is -2.56. The molecule has 4 nitrogen and oxygen atoms in total. The van der Waals surface area contributed by atoms with Crippen LogP contribution < -0.4 is 0 Å². The smallest absolute Gasteiger partial charge is 0.129 e. The van der Waals surface area contributed by atoms with Crippen molar-refractivity contribution in [2.75, 3.05) is 26.7 Å². The normalized spacial score (nSPS) is 21.1. The molecule has 0 unspecified atom stereocenters. The molecule has 1 aromatic carbocycles. The van der Waals surface area contributed by atoms with Crippen LogP contribution in [0.4, 0.5) is 4.39 Å². The van der Waals surface area contributed by atoms with Crippen LogP contribution in [0.2, 0.25) is 0 Å². The monoisotopic (exact) mass is 328 g/mol. The first-order valence-electron chi connectivity index (χ1n) is 8.79. The second kappa shape index (κ2) is 5.97. The summed E-state index contributed by atoms with van der Waals surface area (Å²) in [6, 6.07) is 6.88. The topological polar surface area (TPSA) is 24.3 Å². The molecule has 4 rings (SSSR count). The summed E-state index contributed by atoms with van der Waals surface area (Å²) in [6.07, 6.45) is 4.21. The molecular weight excluding hydrogens is 303 g/mol. The van der Waals surface area contributed by atoms with E-state index in [2.05, 4.69) is 28.3 Å². The van der Waals surface area contributed by atoms with Crippen molar-refractivity contribution in [2.24, 2.45) is 0 Å². The average Bonchev–Trinajstić information content (AvgIpc) is 2.97. The number of rotatable bonds is 2. The summed E-state index contributed by atoms with van der Waals surface area (Å²) < 4.78 is 15.5. The number of likely N-dealkylation sites (N-methyl/N-ethyl adjacent to an activating group) is 1. The Hall–Kier alpha value is -1.72. The van der Waals surface area contributed by atoms with Crippen LogP contribution in [0.15, 0.2) is 30.5 Å². The molecule has 2 aliphatic rings. The van der Waals surface area contributed by atoms with E-state index < -0.39 is 0 Å². The third-order valence-electron chi connectivity index (χ3n) is 5.86. The minimum Gasteiger partial charge on any atom is -0.329 e. The van der Waals surface area contributed by atoms with Gasteiger partial charge in [0.05, 0.1) is 5.54 Å². The van der Waals surface area contributed by atoms with Crippen molar-refractivity contribution >= 4 is 0 Å². The zero-order valence-corrected chi connectivity index (χ0v) is 14.5. The number of aromatic nitrogens is 2. The fraction of sp³-hybridized carbons (Fsp3) is 0.526. The van der Waals surface area contributed by atoms with Gasteiger partial charge in [0.15, 0.2) is 0 Å². The Balaban J connectivity index is 1.50. The number of halogens is 1. The lowest BCUT2D eigenvalue weighted by molar-refractivity contribution is 0.00636. The van der Waals surface area contributed by atoms with E-state index in [9.17, 15) is 4.39 Å². The highest BCUT2D eigenvalue weighted by molar-refractivity contribution is 5.19. The predicted octanol–water partition coefficient (Wildman–Crippen LogP) is 2.77. The van der Waals surface area contributed by atoms with Gasteiger partial charge in [-0.15, -0.1) is 0 Å². The van der Waals surface area contributed by atoms with Crippen molar-refractivity contribution in [2.45, 2.75) is 38.4 Å². The summed E-state index contributed by atoms with van der Waals surface area (Å²) in [5.74, 6) is 1.08. The molecule has 0 aliphatic carbocycles. The van der Waals surface area contributed by atoms with E-state index in [0.717, 1.165) is 45.6 Å². The molecule has 2 aromatic rings. The van der Waals surface area contributed by atoms with Crippen molar-refractivity contribution in [3.05, 3.63) is 53.4 Å². The highest BCUT2D eigenvalue weighted by atomic mass is 19.1. The molecule has 0 amide bonds. The third-order valence-corrected chi connectivity index (χ3v) is 5.86. The molecule has 1 aromatic heterocycles. The summed E-state index contributed by atoms with van der Waals surface area (Å²) in [4.78, 5) is 9.74. The van der Waals surface area contributed by atoms with E-state index in [1.54, 1.807) is 12.1 Å². The number of fused-ring (bicyclic) bond motifs is 2. The Morgan fingerprint density at radius 2 is 1.79 bits per heavy atom. The number of likely N-dealkylation sites (tertiary alicyclic amines) is 1. The number of imidazole rings is 1. The first kappa shape index (κ1) is 15.8. The van der Waals surface area contributed by atoms with Crippen molar-refractivity contribution in [3.63, 3.8) is 0 Å². The Morgan fingerprint density at radius 1 is 1.08 bits per heavy atom. The van der Waals surface area contributed by atoms with E-state index in [1.165, 1.54) is 17.1 Å². The van der Waals surface area contributed by atoms with Gasteiger partial charge in [-0.2, -0.15) is 0 Å². The molecule has 3 heterocycles. The summed E-state index contributed by atoms with van der Waals surface area (Å²) in [6.45, 7) is 7.27. The molecular formula is C19H25FN4. The number of hydrogen-bond donors (Lipinski definition) is 0. The molecule has 0 bridgehead atoms. The number of nitrogens with zero attached hydrogens (tertiary/aromatic N) is 4. The minimum absolute atomic E-state index is 0.0752. The maximum Gasteiger partial charge on any atom is 0.129 e. The maximum absolute atomic E-state index is 13.1. The fourth-order valence-electron chi connectivity index (χ4n) is 4.28. The van der Waals surface area contributed by atoms with Crippen molar-refractivity contribution in [3.8, 4) is 0 Å². The van der Waals surface area contributed by atoms with Gasteiger partial charge in [-0.05, 0) is 44.5 Å². The SMILES string of the molecule is Cc1cnc2n1CCN(C)C21CCN(Cc2ccc(F)cc2)CC1. The summed E-state index contributed by atoms with van der Waals surface area (Å²) in [5, 5.41) is 0. The van der Waals surface area contributed by atoms with Gasteiger partial charge >= 0.3 is 0 Å². The molecule has 1 fully saturated rings. The molecule has 1 spiro atoms. The van der Waals surface area contributed by atoms with E-state index in [4.69, 9.17) is 4.98 Å². The predicted molar refractivity (Wildman–Crippen MR) is 92.2 cm³/mol. The zero-order valence-electron chi connectivity index (χ0n) is 14.5. The van der Waals surface area contributed by atoms with E-state index in [0.29, 0.717) is 0 Å². The van der Waals surface area contributed by atoms with E-state index >= 15 is 0 Å². The van der Waals surface area contributed by atoms with Gasteiger partial charge in [-0.25, -0.2) is 9.37 Å². The lowest BCUT2D eigenvalue weighted by atomic mass is 9.83.